The molecular formula is C44H32F4N12. The number of halogens is 4. The maximum Gasteiger partial charge on any atom is 0.150 e. The third-order valence-corrected chi connectivity index (χ3v) is 9.53. The van der Waals surface area contributed by atoms with E-state index in [2.05, 4.69) is 40.5 Å². The molecule has 12 nitrogen and oxygen atoms in total. The van der Waals surface area contributed by atoms with Gasteiger partial charge < -0.3 is 22.1 Å². The van der Waals surface area contributed by atoms with Crippen LogP contribution in [-0.4, -0.2) is 29.9 Å². The predicted octanol–water partition coefficient (Wildman–Crippen LogP) is 9.19. The molecule has 0 fully saturated rings. The maximum atomic E-state index is 14.0. The van der Waals surface area contributed by atoms with Crippen LogP contribution in [0.3, 0.4) is 0 Å². The molecule has 0 bridgehead atoms. The zero-order chi connectivity index (χ0) is 42.5. The fourth-order valence-corrected chi connectivity index (χ4v) is 6.81. The lowest BCUT2D eigenvalue weighted by atomic mass is 9.93. The van der Waals surface area contributed by atoms with E-state index in [4.69, 9.17) is 11.5 Å². The van der Waals surface area contributed by atoms with Crippen LogP contribution in [0.5, 0.6) is 0 Å². The molecule has 0 saturated heterocycles. The molecule has 8 aromatic rings. The molecule has 4 aromatic carbocycles. The molecule has 0 radical (unpaired) electrons. The topological polar surface area (TPSA) is 201 Å². The van der Waals surface area contributed by atoms with E-state index in [0.717, 1.165) is 22.9 Å². The Labute approximate surface area is 340 Å². The largest absolute Gasteiger partial charge is 0.382 e. The Morgan fingerprint density at radius 1 is 0.533 bits per heavy atom. The summed E-state index contributed by atoms with van der Waals surface area (Å²) >= 11 is 0. The second kappa shape index (κ2) is 17.1. The van der Waals surface area contributed by atoms with Crippen molar-refractivity contribution in [3.63, 3.8) is 0 Å². The fourth-order valence-electron chi connectivity index (χ4n) is 6.81. The maximum absolute atomic E-state index is 14.0. The smallest absolute Gasteiger partial charge is 0.150 e. The van der Waals surface area contributed by atoms with Crippen molar-refractivity contribution in [3.8, 4) is 34.4 Å². The van der Waals surface area contributed by atoms with Gasteiger partial charge in [0.15, 0.2) is 0 Å². The molecule has 0 aliphatic rings. The summed E-state index contributed by atoms with van der Waals surface area (Å²) in [6, 6.07) is 24.6. The molecule has 0 unspecified atom stereocenters. The Morgan fingerprint density at radius 3 is 1.27 bits per heavy atom. The van der Waals surface area contributed by atoms with E-state index in [-0.39, 0.29) is 34.4 Å². The number of nitrogen functional groups attached to an aromatic ring is 2. The van der Waals surface area contributed by atoms with Crippen molar-refractivity contribution in [2.24, 2.45) is 0 Å². The summed E-state index contributed by atoms with van der Waals surface area (Å²) in [5.41, 5.74) is 16.6. The van der Waals surface area contributed by atoms with Gasteiger partial charge in [-0.15, -0.1) is 0 Å². The molecule has 0 aliphatic carbocycles. The normalized spacial score (nSPS) is 11.8. The molecule has 296 valence electrons. The Morgan fingerprint density at radius 2 is 0.900 bits per heavy atom. The van der Waals surface area contributed by atoms with Crippen LogP contribution in [0.15, 0.2) is 110 Å². The van der Waals surface area contributed by atoms with Gasteiger partial charge in [-0.1, -0.05) is 36.4 Å². The number of para-hydroxylation sites is 2. The molecule has 4 aromatic heterocycles. The van der Waals surface area contributed by atoms with Crippen LogP contribution in [0.25, 0.3) is 44.1 Å². The van der Waals surface area contributed by atoms with Crippen molar-refractivity contribution < 1.29 is 17.6 Å². The van der Waals surface area contributed by atoms with E-state index in [1.807, 2.05) is 74.5 Å². The van der Waals surface area contributed by atoms with Crippen LogP contribution in [0.1, 0.15) is 48.2 Å². The second-order valence-corrected chi connectivity index (χ2v) is 13.4. The number of anilines is 4. The molecule has 60 heavy (non-hydrogen) atoms. The fraction of sp³-hybridized carbons (Fsp3) is 0.0909. The Balaban J connectivity index is 0.000000181. The summed E-state index contributed by atoms with van der Waals surface area (Å²) in [6.45, 7) is 3.68. The number of nitrogens with two attached hydrogens (primary N) is 2. The lowest BCUT2D eigenvalue weighted by Gasteiger charge is -2.21. The molecule has 6 N–H and O–H groups in total. The number of nitrogens with zero attached hydrogens (tertiary/aromatic N) is 8. The number of benzene rings is 4. The van der Waals surface area contributed by atoms with E-state index in [1.54, 1.807) is 12.4 Å². The van der Waals surface area contributed by atoms with Gasteiger partial charge in [-0.25, -0.2) is 37.5 Å². The molecule has 2 atom stereocenters. The minimum Gasteiger partial charge on any atom is -0.382 e. The molecule has 0 amide bonds. The number of fused-ring (bicyclic) bond motifs is 2. The van der Waals surface area contributed by atoms with Crippen molar-refractivity contribution in [3.05, 3.63) is 156 Å². The summed E-state index contributed by atoms with van der Waals surface area (Å²) in [5, 5.41) is 26.5. The first-order valence-electron chi connectivity index (χ1n) is 18.2. The van der Waals surface area contributed by atoms with E-state index in [1.165, 1.54) is 36.9 Å². The highest BCUT2D eigenvalue weighted by Gasteiger charge is 2.21. The average Bonchev–Trinajstić information content (AvgIpc) is 3.22. The SMILES string of the molecule is C[C@@H](Nc1ncnc(N)c1C#N)c1cnc2ccccc2c1-c1cc(F)cc(F)c1.C[C@H](Nc1ncnc(N)c1C#N)c1cnc2ccccc2c1-c1cc(F)cc(F)c1. The van der Waals surface area contributed by atoms with E-state index >= 15 is 0 Å². The van der Waals surface area contributed by atoms with Crippen molar-refractivity contribution in [1.29, 1.82) is 10.5 Å². The number of hydrogen-bond acceptors (Lipinski definition) is 12. The monoisotopic (exact) mass is 804 g/mol. The van der Waals surface area contributed by atoms with Crippen LogP contribution >= 0.6 is 0 Å². The first-order chi connectivity index (χ1) is 28.9. The molecular weight excluding hydrogens is 773 g/mol. The highest BCUT2D eigenvalue weighted by molar-refractivity contribution is 5.97. The first kappa shape index (κ1) is 40.0. The summed E-state index contributed by atoms with van der Waals surface area (Å²) in [5.74, 6) is -2.04. The minimum absolute atomic E-state index is 0.0614. The zero-order valence-electron chi connectivity index (χ0n) is 31.8. The van der Waals surface area contributed by atoms with Gasteiger partial charge >= 0.3 is 0 Å². The molecule has 8 rings (SSSR count). The Hall–Kier alpha value is -8.24. The van der Waals surface area contributed by atoms with Crippen molar-refractivity contribution in [2.75, 3.05) is 22.1 Å². The highest BCUT2D eigenvalue weighted by atomic mass is 19.1. The quantitative estimate of drug-likeness (QED) is 0.106. The first-order valence-corrected chi connectivity index (χ1v) is 18.2. The van der Waals surface area contributed by atoms with Crippen LogP contribution in [0, 0.1) is 45.9 Å². The van der Waals surface area contributed by atoms with Gasteiger partial charge in [0.2, 0.25) is 0 Å². The standard InChI is InChI=1S/2C22H16F2N6/c2*1-12(30-22-17(9-25)21(26)28-11-29-22)18-10-27-19-5-3-2-4-16(19)20(18)13-6-14(23)8-15(24)7-13/h2*2-8,10-12H,1H3,(H3,26,28,29,30)/t2*12-/m10/s1. The number of pyridine rings is 2. The number of hydrogen-bond donors (Lipinski definition) is 4. The van der Waals surface area contributed by atoms with Crippen LogP contribution < -0.4 is 22.1 Å². The Kier molecular flexibility index (Phi) is 11.4. The van der Waals surface area contributed by atoms with E-state index < -0.39 is 35.4 Å². The Bertz CT molecular complexity index is 2760. The summed E-state index contributed by atoms with van der Waals surface area (Å²) < 4.78 is 56.0. The minimum atomic E-state index is -0.673. The van der Waals surface area contributed by atoms with Gasteiger partial charge in [0.05, 0.1) is 23.1 Å². The van der Waals surface area contributed by atoms with Crippen LogP contribution in [0.2, 0.25) is 0 Å². The number of nitriles is 2. The van der Waals surface area contributed by atoms with Gasteiger partial charge in [0.1, 0.15) is 82.5 Å². The summed E-state index contributed by atoms with van der Waals surface area (Å²) in [7, 11) is 0. The highest BCUT2D eigenvalue weighted by Crippen LogP contribution is 2.38. The van der Waals surface area contributed by atoms with E-state index in [0.29, 0.717) is 44.4 Å². The number of aromatic nitrogens is 6. The third kappa shape index (κ3) is 8.25. The van der Waals surface area contributed by atoms with E-state index in [9.17, 15) is 28.1 Å². The lowest BCUT2D eigenvalue weighted by Crippen LogP contribution is -2.12. The summed E-state index contributed by atoms with van der Waals surface area (Å²) in [6.07, 6.45) is 5.81. The number of rotatable bonds is 8. The average molecular weight is 805 g/mol. The van der Waals surface area contributed by atoms with Gasteiger partial charge in [-0.2, -0.15) is 10.5 Å². The second-order valence-electron chi connectivity index (χ2n) is 13.4. The van der Waals surface area contributed by atoms with Gasteiger partial charge in [0.25, 0.3) is 0 Å². The molecule has 0 aliphatic heterocycles. The summed E-state index contributed by atoms with van der Waals surface area (Å²) in [4.78, 5) is 24.8. The zero-order valence-corrected chi connectivity index (χ0v) is 31.8. The third-order valence-electron chi connectivity index (χ3n) is 9.53. The van der Waals surface area contributed by atoms with Crippen molar-refractivity contribution in [1.82, 2.24) is 29.9 Å². The van der Waals surface area contributed by atoms with Gasteiger partial charge in [0, 0.05) is 46.4 Å². The van der Waals surface area contributed by atoms with Crippen LogP contribution in [-0.2, 0) is 0 Å². The van der Waals surface area contributed by atoms with Gasteiger partial charge in [-0.05, 0) is 72.5 Å². The van der Waals surface area contributed by atoms with Crippen molar-refractivity contribution >= 4 is 45.1 Å². The van der Waals surface area contributed by atoms with Crippen LogP contribution in [0.4, 0.5) is 40.8 Å². The predicted molar refractivity (Wildman–Crippen MR) is 221 cm³/mol. The molecule has 4 heterocycles. The van der Waals surface area contributed by atoms with Crippen molar-refractivity contribution in [2.45, 2.75) is 25.9 Å². The lowest BCUT2D eigenvalue weighted by molar-refractivity contribution is 0.583. The van der Waals surface area contributed by atoms with Gasteiger partial charge in [-0.3, -0.25) is 9.97 Å². The molecule has 16 heteroatoms. The number of nitrogens with one attached hydrogen (secondary N) is 2. The molecule has 0 spiro atoms. The molecule has 0 saturated carbocycles.